The highest BCUT2D eigenvalue weighted by molar-refractivity contribution is 9.11. The minimum atomic E-state index is -0.387. The van der Waals surface area contributed by atoms with Crippen LogP contribution in [0.1, 0.15) is 31.1 Å². The summed E-state index contributed by atoms with van der Waals surface area (Å²) in [5, 5.41) is 12.5. The van der Waals surface area contributed by atoms with Gasteiger partial charge in [0, 0.05) is 11.3 Å². The van der Waals surface area contributed by atoms with E-state index in [1.54, 1.807) is 60.7 Å². The number of rotatable bonds is 3. The van der Waals surface area contributed by atoms with Crippen molar-refractivity contribution in [1.82, 2.24) is 0 Å². The lowest BCUT2D eigenvalue weighted by molar-refractivity contribution is 0.0925. The summed E-state index contributed by atoms with van der Waals surface area (Å²) in [6, 6.07) is 16.0. The quantitative estimate of drug-likeness (QED) is 0.381. The Balaban J connectivity index is 1.55. The predicted molar refractivity (Wildman–Crippen MR) is 115 cm³/mol. The molecule has 29 heavy (non-hydrogen) atoms. The van der Waals surface area contributed by atoms with Gasteiger partial charge in [0.2, 0.25) is 0 Å². The van der Waals surface area contributed by atoms with E-state index >= 15 is 0 Å². The molecular weight excluding hydrogens is 504 g/mol. The third-order valence-corrected chi connectivity index (χ3v) is 5.67. The molecule has 3 aromatic rings. The van der Waals surface area contributed by atoms with Crippen LogP contribution in [0.5, 0.6) is 5.75 Å². The molecule has 0 aromatic heterocycles. The molecule has 0 atom stereocenters. The number of amides is 3. The lowest BCUT2D eigenvalue weighted by atomic mass is 10.1. The molecule has 1 aliphatic rings. The molecule has 0 spiro atoms. The number of carbonyl (C=O) groups is 3. The summed E-state index contributed by atoms with van der Waals surface area (Å²) in [7, 11) is 0. The van der Waals surface area contributed by atoms with Crippen LogP contribution in [0.15, 0.2) is 69.6 Å². The molecule has 8 heteroatoms. The summed E-state index contributed by atoms with van der Waals surface area (Å²) in [5.74, 6) is -1.11. The number of anilines is 2. The first-order valence-electron chi connectivity index (χ1n) is 8.44. The molecule has 3 aromatic carbocycles. The molecule has 0 saturated carbocycles. The fourth-order valence-electron chi connectivity index (χ4n) is 3.03. The van der Waals surface area contributed by atoms with Crippen molar-refractivity contribution in [1.29, 1.82) is 0 Å². The second kappa shape index (κ2) is 7.46. The summed E-state index contributed by atoms with van der Waals surface area (Å²) in [5.41, 5.74) is 1.95. The first-order valence-corrected chi connectivity index (χ1v) is 10.0. The second-order valence-electron chi connectivity index (χ2n) is 6.28. The first kappa shape index (κ1) is 19.4. The number of aromatic hydroxyl groups is 1. The molecule has 0 bridgehead atoms. The summed E-state index contributed by atoms with van der Waals surface area (Å²) >= 11 is 6.43. The van der Waals surface area contributed by atoms with Gasteiger partial charge in [-0.25, -0.2) is 4.90 Å². The highest BCUT2D eigenvalue weighted by Crippen LogP contribution is 2.35. The van der Waals surface area contributed by atoms with E-state index in [4.69, 9.17) is 0 Å². The van der Waals surface area contributed by atoms with Gasteiger partial charge in [0.1, 0.15) is 5.75 Å². The molecule has 0 unspecified atom stereocenters. The van der Waals surface area contributed by atoms with Crippen molar-refractivity contribution in [3.05, 3.63) is 86.3 Å². The Bertz CT molecular complexity index is 1120. The number of halogens is 2. The van der Waals surface area contributed by atoms with Gasteiger partial charge in [-0.3, -0.25) is 14.4 Å². The maximum absolute atomic E-state index is 12.6. The third kappa shape index (κ3) is 3.45. The van der Waals surface area contributed by atoms with Crippen LogP contribution >= 0.6 is 31.9 Å². The van der Waals surface area contributed by atoms with Gasteiger partial charge in [0.05, 0.1) is 25.8 Å². The number of fused-ring (bicyclic) bond motifs is 1. The van der Waals surface area contributed by atoms with Gasteiger partial charge in [0.15, 0.2) is 0 Å². The highest BCUT2D eigenvalue weighted by atomic mass is 79.9. The van der Waals surface area contributed by atoms with Crippen LogP contribution in [0, 0.1) is 0 Å². The monoisotopic (exact) mass is 514 g/mol. The normalized spacial score (nSPS) is 12.8. The van der Waals surface area contributed by atoms with Gasteiger partial charge >= 0.3 is 0 Å². The van der Waals surface area contributed by atoms with Crippen LogP contribution in [0.2, 0.25) is 0 Å². The van der Waals surface area contributed by atoms with Gasteiger partial charge in [0.25, 0.3) is 17.7 Å². The van der Waals surface area contributed by atoms with Crippen molar-refractivity contribution in [3.63, 3.8) is 0 Å². The number of phenols is 1. The lowest BCUT2D eigenvalue weighted by Crippen LogP contribution is -2.29. The lowest BCUT2D eigenvalue weighted by Gasteiger charge is -2.14. The van der Waals surface area contributed by atoms with E-state index in [0.717, 1.165) is 4.90 Å². The standard InChI is InChI=1S/C21H12Br2N2O4/c22-16-9-12(10-17(23)18(16)26)24-19(27)11-5-7-13(8-6-11)25-20(28)14-3-1-2-4-15(14)21(25)29/h1-10,26H,(H,24,27). The first-order chi connectivity index (χ1) is 13.9. The van der Waals surface area contributed by atoms with Crippen LogP contribution in [0.4, 0.5) is 11.4 Å². The Morgan fingerprint density at radius 3 is 1.90 bits per heavy atom. The molecule has 1 aliphatic heterocycles. The number of carbonyl (C=O) groups excluding carboxylic acids is 3. The Kier molecular flexibility index (Phi) is 4.97. The SMILES string of the molecule is O=C(Nc1cc(Br)c(O)c(Br)c1)c1ccc(N2C(=O)c3ccccc3C2=O)cc1. The maximum Gasteiger partial charge on any atom is 0.266 e. The van der Waals surface area contributed by atoms with Gasteiger partial charge in [-0.2, -0.15) is 0 Å². The molecule has 0 saturated heterocycles. The third-order valence-electron chi connectivity index (χ3n) is 4.46. The Morgan fingerprint density at radius 1 is 0.862 bits per heavy atom. The number of imide groups is 1. The van der Waals surface area contributed by atoms with Crippen molar-refractivity contribution in [3.8, 4) is 5.75 Å². The Hall–Kier alpha value is -2.97. The van der Waals surface area contributed by atoms with E-state index in [9.17, 15) is 19.5 Å². The van der Waals surface area contributed by atoms with Crippen molar-refractivity contribution < 1.29 is 19.5 Å². The van der Waals surface area contributed by atoms with Crippen LogP contribution in [0.3, 0.4) is 0 Å². The van der Waals surface area contributed by atoms with Crippen molar-refractivity contribution in [2.24, 2.45) is 0 Å². The topological polar surface area (TPSA) is 86.7 Å². The fourth-order valence-corrected chi connectivity index (χ4v) is 4.21. The zero-order valence-corrected chi connectivity index (χ0v) is 17.8. The molecular formula is C21H12Br2N2O4. The smallest absolute Gasteiger partial charge is 0.266 e. The van der Waals surface area contributed by atoms with E-state index < -0.39 is 0 Å². The Morgan fingerprint density at radius 2 is 1.38 bits per heavy atom. The van der Waals surface area contributed by atoms with Gasteiger partial charge in [-0.15, -0.1) is 0 Å². The molecule has 0 fully saturated rings. The van der Waals surface area contributed by atoms with E-state index in [0.29, 0.717) is 37.0 Å². The van der Waals surface area contributed by atoms with E-state index in [1.165, 1.54) is 0 Å². The second-order valence-corrected chi connectivity index (χ2v) is 7.99. The van der Waals surface area contributed by atoms with Gasteiger partial charge in [-0.1, -0.05) is 12.1 Å². The zero-order chi connectivity index (χ0) is 20.7. The number of hydrogen-bond acceptors (Lipinski definition) is 4. The van der Waals surface area contributed by atoms with Gasteiger partial charge < -0.3 is 10.4 Å². The molecule has 144 valence electrons. The van der Waals surface area contributed by atoms with Crippen LogP contribution < -0.4 is 10.2 Å². The minimum Gasteiger partial charge on any atom is -0.506 e. The predicted octanol–water partition coefficient (Wildman–Crippen LogP) is 4.97. The molecule has 0 radical (unpaired) electrons. The van der Waals surface area contributed by atoms with E-state index in [-0.39, 0.29) is 23.5 Å². The molecule has 3 amide bonds. The van der Waals surface area contributed by atoms with Crippen molar-refractivity contribution >= 4 is 61.0 Å². The number of benzene rings is 3. The number of nitrogens with zero attached hydrogens (tertiary/aromatic N) is 1. The van der Waals surface area contributed by atoms with Crippen molar-refractivity contribution in [2.45, 2.75) is 0 Å². The molecule has 0 aliphatic carbocycles. The molecule has 1 heterocycles. The van der Waals surface area contributed by atoms with Crippen molar-refractivity contribution in [2.75, 3.05) is 10.2 Å². The molecule has 4 rings (SSSR count). The Labute approximate surface area is 182 Å². The number of hydrogen-bond donors (Lipinski definition) is 2. The molecule has 2 N–H and O–H groups in total. The summed E-state index contributed by atoms with van der Waals surface area (Å²) in [6.45, 7) is 0. The molecule has 6 nitrogen and oxygen atoms in total. The maximum atomic E-state index is 12.6. The van der Waals surface area contributed by atoms with E-state index in [1.807, 2.05) is 0 Å². The minimum absolute atomic E-state index is 0.0355. The zero-order valence-electron chi connectivity index (χ0n) is 14.6. The number of phenolic OH excluding ortho intramolecular Hbond substituents is 1. The average Bonchev–Trinajstić information content (AvgIpc) is 2.97. The van der Waals surface area contributed by atoms with Crippen LogP contribution in [-0.2, 0) is 0 Å². The highest BCUT2D eigenvalue weighted by Gasteiger charge is 2.36. The average molecular weight is 516 g/mol. The number of nitrogens with one attached hydrogen (secondary N) is 1. The van der Waals surface area contributed by atoms with E-state index in [2.05, 4.69) is 37.2 Å². The van der Waals surface area contributed by atoms with Gasteiger partial charge in [-0.05, 0) is 80.4 Å². The fraction of sp³-hybridized carbons (Fsp3) is 0. The summed E-state index contributed by atoms with van der Waals surface area (Å²) in [4.78, 5) is 38.7. The van der Waals surface area contributed by atoms with Crippen LogP contribution in [-0.4, -0.2) is 22.8 Å². The summed E-state index contributed by atoms with van der Waals surface area (Å²) < 4.78 is 0.867. The largest absolute Gasteiger partial charge is 0.506 e. The summed E-state index contributed by atoms with van der Waals surface area (Å²) in [6.07, 6.45) is 0. The van der Waals surface area contributed by atoms with Crippen LogP contribution in [0.25, 0.3) is 0 Å².